The fourth-order valence-electron chi connectivity index (χ4n) is 2.48. The second-order valence-electron chi connectivity index (χ2n) is 4.73. The second kappa shape index (κ2) is 5.74. The molecule has 0 fully saturated rings. The number of hydrogen-bond donors (Lipinski definition) is 2. The van der Waals surface area contributed by atoms with Crippen molar-refractivity contribution in [1.29, 1.82) is 0 Å². The number of rotatable bonds is 4. The highest BCUT2D eigenvalue weighted by atomic mass is 16.4. The molecule has 2 aromatic rings. The Morgan fingerprint density at radius 3 is 2.45 bits per heavy atom. The molecule has 4 nitrogen and oxygen atoms in total. The molecule has 0 spiro atoms. The van der Waals surface area contributed by atoms with Crippen LogP contribution in [0.2, 0.25) is 0 Å². The van der Waals surface area contributed by atoms with E-state index in [9.17, 15) is 14.7 Å². The largest absolute Gasteiger partial charge is 0.478 e. The van der Waals surface area contributed by atoms with E-state index in [-0.39, 0.29) is 11.1 Å². The number of carboxylic acids is 1. The van der Waals surface area contributed by atoms with Crippen LogP contribution in [-0.4, -0.2) is 16.1 Å². The van der Waals surface area contributed by atoms with E-state index >= 15 is 0 Å². The van der Waals surface area contributed by atoms with Crippen molar-refractivity contribution in [3.8, 4) is 11.1 Å². The monoisotopic (exact) mass is 271 g/mol. The van der Waals surface area contributed by atoms with E-state index in [1.165, 1.54) is 0 Å². The van der Waals surface area contributed by atoms with Crippen LogP contribution < -0.4 is 5.56 Å². The van der Waals surface area contributed by atoms with Gasteiger partial charge >= 0.3 is 5.97 Å². The number of hydrogen-bond acceptors (Lipinski definition) is 2. The highest BCUT2D eigenvalue weighted by Gasteiger charge is 2.20. The molecule has 1 aromatic carbocycles. The van der Waals surface area contributed by atoms with Crippen LogP contribution in [0.1, 0.15) is 35.0 Å². The van der Waals surface area contributed by atoms with Gasteiger partial charge in [-0.05, 0) is 24.5 Å². The summed E-state index contributed by atoms with van der Waals surface area (Å²) in [7, 11) is 0. The topological polar surface area (TPSA) is 70.2 Å². The zero-order valence-corrected chi connectivity index (χ0v) is 11.6. The SMILES string of the molecule is CCCc1c(C(=O)O)c(C)[nH]c(=O)c1-c1ccccc1. The molecule has 20 heavy (non-hydrogen) atoms. The third-order valence-corrected chi connectivity index (χ3v) is 3.28. The van der Waals surface area contributed by atoms with E-state index in [4.69, 9.17) is 0 Å². The minimum atomic E-state index is -1.00. The van der Waals surface area contributed by atoms with Crippen LogP contribution in [0.3, 0.4) is 0 Å². The average Bonchev–Trinajstić information content (AvgIpc) is 2.39. The zero-order chi connectivity index (χ0) is 14.7. The second-order valence-corrected chi connectivity index (χ2v) is 4.73. The number of nitrogens with one attached hydrogen (secondary N) is 1. The number of aryl methyl sites for hydroxylation is 1. The predicted molar refractivity (Wildman–Crippen MR) is 78.2 cm³/mol. The van der Waals surface area contributed by atoms with Crippen molar-refractivity contribution < 1.29 is 9.90 Å². The standard InChI is InChI=1S/C16H17NO3/c1-3-7-12-13(16(19)20)10(2)17-15(18)14(12)11-8-5-4-6-9-11/h4-6,8-9H,3,7H2,1-2H3,(H,17,18)(H,19,20). The Morgan fingerprint density at radius 2 is 1.90 bits per heavy atom. The van der Waals surface area contributed by atoms with Gasteiger partial charge in [0.1, 0.15) is 0 Å². The number of carbonyl (C=O) groups is 1. The van der Waals surface area contributed by atoms with Gasteiger partial charge in [0.15, 0.2) is 0 Å². The van der Waals surface area contributed by atoms with Crippen LogP contribution in [0.4, 0.5) is 0 Å². The quantitative estimate of drug-likeness (QED) is 0.898. The van der Waals surface area contributed by atoms with Crippen LogP contribution in [-0.2, 0) is 6.42 Å². The Hall–Kier alpha value is -2.36. The van der Waals surface area contributed by atoms with E-state index in [0.717, 1.165) is 12.0 Å². The summed E-state index contributed by atoms with van der Waals surface area (Å²) >= 11 is 0. The summed E-state index contributed by atoms with van der Waals surface area (Å²) in [5.41, 5.74) is 2.22. The van der Waals surface area contributed by atoms with Gasteiger partial charge in [-0.15, -0.1) is 0 Å². The number of aromatic amines is 1. The van der Waals surface area contributed by atoms with Crippen LogP contribution in [0.15, 0.2) is 35.1 Å². The average molecular weight is 271 g/mol. The Balaban J connectivity index is 2.82. The summed E-state index contributed by atoms with van der Waals surface area (Å²) in [6.45, 7) is 3.59. The van der Waals surface area contributed by atoms with E-state index in [2.05, 4.69) is 4.98 Å². The molecule has 1 heterocycles. The van der Waals surface area contributed by atoms with E-state index in [0.29, 0.717) is 23.2 Å². The first-order valence-corrected chi connectivity index (χ1v) is 6.60. The van der Waals surface area contributed by atoms with Crippen LogP contribution >= 0.6 is 0 Å². The lowest BCUT2D eigenvalue weighted by atomic mass is 9.93. The molecule has 0 unspecified atom stereocenters. The van der Waals surface area contributed by atoms with Crippen LogP contribution in [0.25, 0.3) is 11.1 Å². The summed E-state index contributed by atoms with van der Waals surface area (Å²) in [5, 5.41) is 9.41. The molecule has 2 N–H and O–H groups in total. The lowest BCUT2D eigenvalue weighted by Crippen LogP contribution is -2.19. The summed E-state index contributed by atoms with van der Waals surface area (Å²) in [6, 6.07) is 9.19. The summed E-state index contributed by atoms with van der Waals surface area (Å²) in [6.07, 6.45) is 1.35. The molecule has 0 aliphatic carbocycles. The Bertz CT molecular complexity index is 687. The molecule has 1 aromatic heterocycles. The van der Waals surface area contributed by atoms with Gasteiger partial charge in [0, 0.05) is 5.69 Å². The molecule has 0 saturated carbocycles. The third-order valence-electron chi connectivity index (χ3n) is 3.28. The third kappa shape index (κ3) is 2.50. The molecule has 104 valence electrons. The maximum absolute atomic E-state index is 12.3. The predicted octanol–water partition coefficient (Wildman–Crippen LogP) is 3.00. The van der Waals surface area contributed by atoms with Gasteiger partial charge in [-0.2, -0.15) is 0 Å². The van der Waals surface area contributed by atoms with Gasteiger partial charge in [-0.1, -0.05) is 43.7 Å². The fourth-order valence-corrected chi connectivity index (χ4v) is 2.48. The van der Waals surface area contributed by atoms with E-state index in [1.54, 1.807) is 6.92 Å². The van der Waals surface area contributed by atoms with Crippen molar-refractivity contribution in [3.05, 3.63) is 57.5 Å². The number of carboxylic acid groups (broad SMARTS) is 1. The summed E-state index contributed by atoms with van der Waals surface area (Å²) in [4.78, 5) is 26.4. The van der Waals surface area contributed by atoms with Crippen LogP contribution in [0.5, 0.6) is 0 Å². The van der Waals surface area contributed by atoms with Crippen molar-refractivity contribution in [3.63, 3.8) is 0 Å². The Morgan fingerprint density at radius 1 is 1.25 bits per heavy atom. The first-order valence-electron chi connectivity index (χ1n) is 6.60. The summed E-state index contributed by atoms with van der Waals surface area (Å²) < 4.78 is 0. The molecule has 0 aliphatic rings. The maximum atomic E-state index is 12.3. The van der Waals surface area contributed by atoms with Crippen molar-refractivity contribution in [2.75, 3.05) is 0 Å². The number of aromatic nitrogens is 1. The van der Waals surface area contributed by atoms with Crippen molar-refractivity contribution in [1.82, 2.24) is 4.98 Å². The highest BCUT2D eigenvalue weighted by Crippen LogP contribution is 2.25. The Labute approximate surface area is 117 Å². The lowest BCUT2D eigenvalue weighted by Gasteiger charge is -2.13. The molecule has 2 rings (SSSR count). The van der Waals surface area contributed by atoms with Gasteiger partial charge in [0.05, 0.1) is 11.1 Å². The van der Waals surface area contributed by atoms with Gasteiger partial charge in [0.25, 0.3) is 5.56 Å². The Kier molecular flexibility index (Phi) is 4.03. The zero-order valence-electron chi connectivity index (χ0n) is 11.6. The van der Waals surface area contributed by atoms with Crippen molar-refractivity contribution >= 4 is 5.97 Å². The number of aromatic carboxylic acids is 1. The number of H-pyrrole nitrogens is 1. The minimum absolute atomic E-state index is 0.213. The highest BCUT2D eigenvalue weighted by molar-refractivity contribution is 5.93. The van der Waals surface area contributed by atoms with E-state index < -0.39 is 5.97 Å². The molecule has 0 bridgehead atoms. The van der Waals surface area contributed by atoms with Crippen molar-refractivity contribution in [2.45, 2.75) is 26.7 Å². The van der Waals surface area contributed by atoms with Gasteiger partial charge in [-0.3, -0.25) is 4.79 Å². The van der Waals surface area contributed by atoms with Gasteiger partial charge in [-0.25, -0.2) is 4.79 Å². The molecule has 4 heteroatoms. The van der Waals surface area contributed by atoms with Crippen molar-refractivity contribution in [2.24, 2.45) is 0 Å². The maximum Gasteiger partial charge on any atom is 0.337 e. The van der Waals surface area contributed by atoms with Gasteiger partial charge < -0.3 is 10.1 Å². The molecule has 0 aliphatic heterocycles. The minimum Gasteiger partial charge on any atom is -0.478 e. The number of benzene rings is 1. The lowest BCUT2D eigenvalue weighted by molar-refractivity contribution is 0.0694. The first-order chi connectivity index (χ1) is 9.56. The smallest absolute Gasteiger partial charge is 0.337 e. The molecule has 0 radical (unpaired) electrons. The molecule has 0 saturated heterocycles. The molecular weight excluding hydrogens is 254 g/mol. The molecular formula is C16H17NO3. The van der Waals surface area contributed by atoms with Gasteiger partial charge in [0.2, 0.25) is 0 Å². The molecule has 0 atom stereocenters. The normalized spacial score (nSPS) is 10.5. The molecule has 0 amide bonds. The fraction of sp³-hybridized carbons (Fsp3) is 0.250. The number of pyridine rings is 1. The first kappa shape index (κ1) is 14.1. The van der Waals surface area contributed by atoms with E-state index in [1.807, 2.05) is 37.3 Å². The summed E-state index contributed by atoms with van der Waals surface area (Å²) in [5.74, 6) is -1.00. The van der Waals surface area contributed by atoms with Crippen LogP contribution in [0, 0.1) is 6.92 Å².